The predicted molar refractivity (Wildman–Crippen MR) is 72.9 cm³/mol. The van der Waals surface area contributed by atoms with Crippen LogP contribution in [0.25, 0.3) is 0 Å². The molecule has 1 aromatic carbocycles. The number of nitrogens with zero attached hydrogens (tertiary/aromatic N) is 2. The molecule has 1 heterocycles. The predicted octanol–water partition coefficient (Wildman–Crippen LogP) is 1.50. The molecule has 7 heteroatoms. The molecule has 0 bridgehead atoms. The molecule has 0 aliphatic heterocycles. The second-order valence-corrected chi connectivity index (χ2v) is 4.08. The molecule has 0 aliphatic carbocycles. The van der Waals surface area contributed by atoms with Crippen LogP contribution in [0, 0.1) is 10.1 Å². The number of aromatic nitrogens is 1. The molecule has 0 saturated heterocycles. The number of nitro benzene ring substituents is 1. The van der Waals surface area contributed by atoms with Crippen molar-refractivity contribution in [3.05, 3.63) is 64.0 Å². The monoisotopic (exact) mass is 272 g/mol. The number of nitro groups is 1. The van der Waals surface area contributed by atoms with Gasteiger partial charge in [-0.05, 0) is 17.7 Å². The highest BCUT2D eigenvalue weighted by Gasteiger charge is 2.09. The summed E-state index contributed by atoms with van der Waals surface area (Å²) in [4.78, 5) is 25.9. The number of carbonyl (C=O) groups is 1. The van der Waals surface area contributed by atoms with E-state index in [9.17, 15) is 14.9 Å². The highest BCUT2D eigenvalue weighted by atomic mass is 16.6. The summed E-state index contributed by atoms with van der Waals surface area (Å²) < 4.78 is 0. The van der Waals surface area contributed by atoms with Crippen LogP contribution >= 0.6 is 0 Å². The summed E-state index contributed by atoms with van der Waals surface area (Å²) in [5, 5.41) is 13.3. The number of benzene rings is 1. The zero-order valence-corrected chi connectivity index (χ0v) is 10.4. The molecule has 1 amide bonds. The van der Waals surface area contributed by atoms with Crippen LogP contribution in [0.4, 0.5) is 11.4 Å². The normalized spacial score (nSPS) is 10.0. The Bertz CT molecular complexity index is 658. The van der Waals surface area contributed by atoms with Crippen LogP contribution in [0.1, 0.15) is 16.1 Å². The molecule has 0 aliphatic rings. The summed E-state index contributed by atoms with van der Waals surface area (Å²) in [5.41, 5.74) is 6.83. The Balaban J connectivity index is 2.03. The van der Waals surface area contributed by atoms with Gasteiger partial charge in [0.05, 0.1) is 4.92 Å². The molecule has 0 spiro atoms. The van der Waals surface area contributed by atoms with Gasteiger partial charge in [-0.1, -0.05) is 12.1 Å². The Morgan fingerprint density at radius 2 is 2.15 bits per heavy atom. The molecule has 7 nitrogen and oxygen atoms in total. The first-order valence-electron chi connectivity index (χ1n) is 5.79. The van der Waals surface area contributed by atoms with Crippen molar-refractivity contribution >= 4 is 17.3 Å². The minimum absolute atomic E-state index is 0.0150. The number of nitrogens with two attached hydrogens (primary N) is 1. The van der Waals surface area contributed by atoms with E-state index in [1.807, 2.05) is 0 Å². The fraction of sp³-hybridized carbons (Fsp3) is 0.0769. The van der Waals surface area contributed by atoms with E-state index < -0.39 is 4.92 Å². The molecule has 102 valence electrons. The zero-order chi connectivity index (χ0) is 14.5. The summed E-state index contributed by atoms with van der Waals surface area (Å²) in [7, 11) is 0. The molecule has 2 aromatic rings. The van der Waals surface area contributed by atoms with Gasteiger partial charge in [-0.25, -0.2) is 0 Å². The first-order valence-corrected chi connectivity index (χ1v) is 5.79. The van der Waals surface area contributed by atoms with E-state index in [2.05, 4.69) is 10.3 Å². The number of non-ortho nitro benzene ring substituents is 1. The zero-order valence-electron chi connectivity index (χ0n) is 10.4. The lowest BCUT2D eigenvalue weighted by atomic mass is 10.2. The summed E-state index contributed by atoms with van der Waals surface area (Å²) in [6.07, 6.45) is 1.44. The Hall–Kier alpha value is -2.96. The van der Waals surface area contributed by atoms with Gasteiger partial charge in [-0.15, -0.1) is 0 Å². The third-order valence-corrected chi connectivity index (χ3v) is 2.59. The number of hydrogen-bond donors (Lipinski definition) is 2. The molecule has 0 radical (unpaired) electrons. The van der Waals surface area contributed by atoms with Crippen LogP contribution in [0.5, 0.6) is 0 Å². The lowest BCUT2D eigenvalue weighted by molar-refractivity contribution is -0.384. The lowest BCUT2D eigenvalue weighted by Crippen LogP contribution is -2.23. The van der Waals surface area contributed by atoms with Crippen LogP contribution in [-0.2, 0) is 6.54 Å². The van der Waals surface area contributed by atoms with Gasteiger partial charge in [-0.2, -0.15) is 0 Å². The number of rotatable bonds is 4. The molecule has 1 aromatic heterocycles. The van der Waals surface area contributed by atoms with E-state index in [0.717, 1.165) is 0 Å². The van der Waals surface area contributed by atoms with E-state index in [0.29, 0.717) is 11.3 Å². The second kappa shape index (κ2) is 5.79. The van der Waals surface area contributed by atoms with Gasteiger partial charge in [0.1, 0.15) is 5.69 Å². The number of hydrogen-bond acceptors (Lipinski definition) is 5. The Labute approximate surface area is 114 Å². The third kappa shape index (κ3) is 3.29. The minimum Gasteiger partial charge on any atom is -0.399 e. The fourth-order valence-corrected chi connectivity index (χ4v) is 1.62. The summed E-state index contributed by atoms with van der Waals surface area (Å²) in [6.45, 7) is 0.178. The maximum absolute atomic E-state index is 11.8. The summed E-state index contributed by atoms with van der Waals surface area (Å²) >= 11 is 0. The number of nitrogens with one attached hydrogen (secondary N) is 1. The summed E-state index contributed by atoms with van der Waals surface area (Å²) in [6, 6.07) is 9.11. The van der Waals surface area contributed by atoms with Gasteiger partial charge < -0.3 is 11.1 Å². The molecule has 0 atom stereocenters. The van der Waals surface area contributed by atoms with Gasteiger partial charge in [0.2, 0.25) is 0 Å². The largest absolute Gasteiger partial charge is 0.399 e. The fourth-order valence-electron chi connectivity index (χ4n) is 1.62. The summed E-state index contributed by atoms with van der Waals surface area (Å²) in [5.74, 6) is -0.385. The van der Waals surface area contributed by atoms with E-state index in [-0.39, 0.29) is 23.8 Å². The van der Waals surface area contributed by atoms with E-state index in [1.165, 1.54) is 24.4 Å². The van der Waals surface area contributed by atoms with Crippen molar-refractivity contribution in [2.75, 3.05) is 5.73 Å². The van der Waals surface area contributed by atoms with Gasteiger partial charge in [0.15, 0.2) is 0 Å². The average molecular weight is 272 g/mol. The highest BCUT2D eigenvalue weighted by molar-refractivity contribution is 5.92. The van der Waals surface area contributed by atoms with Crippen LogP contribution in [0.2, 0.25) is 0 Å². The third-order valence-electron chi connectivity index (χ3n) is 2.59. The van der Waals surface area contributed by atoms with Crippen molar-refractivity contribution < 1.29 is 9.72 Å². The topological polar surface area (TPSA) is 111 Å². The molecule has 0 unspecified atom stereocenters. The number of anilines is 1. The number of pyridine rings is 1. The maximum atomic E-state index is 11.8. The highest BCUT2D eigenvalue weighted by Crippen LogP contribution is 2.13. The lowest BCUT2D eigenvalue weighted by Gasteiger charge is -2.05. The number of nitrogen functional groups attached to an aromatic ring is 1. The SMILES string of the molecule is Nc1ccnc(C(=O)NCc2cccc([N+](=O)[O-])c2)c1. The van der Waals surface area contributed by atoms with Crippen LogP contribution in [0.15, 0.2) is 42.6 Å². The minimum atomic E-state index is -0.481. The first kappa shape index (κ1) is 13.5. The van der Waals surface area contributed by atoms with E-state index in [4.69, 9.17) is 5.73 Å². The molecule has 3 N–H and O–H groups in total. The maximum Gasteiger partial charge on any atom is 0.270 e. The molecular formula is C13H12N4O3. The quantitative estimate of drug-likeness (QED) is 0.647. The number of amides is 1. The molecule has 0 saturated carbocycles. The van der Waals surface area contributed by atoms with Crippen LogP contribution < -0.4 is 11.1 Å². The van der Waals surface area contributed by atoms with Crippen molar-refractivity contribution in [3.63, 3.8) is 0 Å². The Kier molecular flexibility index (Phi) is 3.90. The molecule has 0 fully saturated rings. The van der Waals surface area contributed by atoms with E-state index in [1.54, 1.807) is 18.2 Å². The van der Waals surface area contributed by atoms with Crippen molar-refractivity contribution in [3.8, 4) is 0 Å². The van der Waals surface area contributed by atoms with Gasteiger partial charge in [0.25, 0.3) is 11.6 Å². The van der Waals surface area contributed by atoms with Gasteiger partial charge >= 0.3 is 0 Å². The molecular weight excluding hydrogens is 260 g/mol. The van der Waals surface area contributed by atoms with Gasteiger partial charge in [0, 0.05) is 30.6 Å². The van der Waals surface area contributed by atoms with Crippen LogP contribution in [0.3, 0.4) is 0 Å². The van der Waals surface area contributed by atoms with Crippen LogP contribution in [-0.4, -0.2) is 15.8 Å². The smallest absolute Gasteiger partial charge is 0.270 e. The van der Waals surface area contributed by atoms with Crippen molar-refractivity contribution in [2.45, 2.75) is 6.54 Å². The van der Waals surface area contributed by atoms with E-state index >= 15 is 0 Å². The second-order valence-electron chi connectivity index (χ2n) is 4.08. The molecule has 20 heavy (non-hydrogen) atoms. The van der Waals surface area contributed by atoms with Crippen molar-refractivity contribution in [1.29, 1.82) is 0 Å². The Morgan fingerprint density at radius 1 is 1.35 bits per heavy atom. The standard InChI is InChI=1S/C13H12N4O3/c14-10-4-5-15-12(7-10)13(18)16-8-9-2-1-3-11(6-9)17(19)20/h1-7H,8H2,(H2,14,15)(H,16,18). The number of carbonyl (C=O) groups excluding carboxylic acids is 1. The van der Waals surface area contributed by atoms with Gasteiger partial charge in [-0.3, -0.25) is 19.9 Å². The van der Waals surface area contributed by atoms with Crippen molar-refractivity contribution in [1.82, 2.24) is 10.3 Å². The first-order chi connectivity index (χ1) is 9.56. The molecule has 2 rings (SSSR count). The average Bonchev–Trinajstić information content (AvgIpc) is 2.45. The Morgan fingerprint density at radius 3 is 2.85 bits per heavy atom. The van der Waals surface area contributed by atoms with Crippen molar-refractivity contribution in [2.24, 2.45) is 0 Å².